The van der Waals surface area contributed by atoms with Gasteiger partial charge < -0.3 is 0 Å². The number of benzene rings is 1. The summed E-state index contributed by atoms with van der Waals surface area (Å²) in [4.78, 5) is 10.9. The first kappa shape index (κ1) is 6.97. The van der Waals surface area contributed by atoms with Gasteiger partial charge in [-0.1, -0.05) is 0 Å². The third-order valence-electron chi connectivity index (χ3n) is 1.68. The SMILES string of the molecule is CC(=O)c1ccc(N2N=N2)cc1. The van der Waals surface area contributed by atoms with Crippen LogP contribution in [0.5, 0.6) is 0 Å². The number of carbonyl (C=O) groups is 1. The number of hydrogen-bond acceptors (Lipinski definition) is 4. The van der Waals surface area contributed by atoms with E-state index < -0.39 is 0 Å². The van der Waals surface area contributed by atoms with Crippen molar-refractivity contribution in [1.29, 1.82) is 0 Å². The molecule has 0 atom stereocenters. The van der Waals surface area contributed by atoms with Crippen molar-refractivity contribution in [3.05, 3.63) is 29.8 Å². The van der Waals surface area contributed by atoms with Gasteiger partial charge in [0.1, 0.15) is 0 Å². The molecule has 0 bridgehead atoms. The van der Waals surface area contributed by atoms with Gasteiger partial charge in [-0.2, -0.15) is 0 Å². The van der Waals surface area contributed by atoms with Gasteiger partial charge in [-0.3, -0.25) is 4.79 Å². The maximum atomic E-state index is 10.9. The molecule has 0 spiro atoms. The summed E-state index contributed by atoms with van der Waals surface area (Å²) in [7, 11) is 0. The first-order valence-corrected chi connectivity index (χ1v) is 3.60. The molecule has 0 saturated heterocycles. The normalized spacial score (nSPS) is 13.2. The minimum absolute atomic E-state index is 0.0706. The number of carbonyl (C=O) groups excluding carboxylic acids is 1. The Morgan fingerprint density at radius 3 is 2.25 bits per heavy atom. The molecule has 0 unspecified atom stereocenters. The Hall–Kier alpha value is -1.71. The van der Waals surface area contributed by atoms with Crippen molar-refractivity contribution in [2.45, 2.75) is 6.92 Å². The predicted octanol–water partition coefficient (Wildman–Crippen LogP) is 1.99. The summed E-state index contributed by atoms with van der Waals surface area (Å²) in [5.74, 6) is 0.0706. The van der Waals surface area contributed by atoms with E-state index >= 15 is 0 Å². The van der Waals surface area contributed by atoms with E-state index in [0.717, 1.165) is 5.69 Å². The van der Waals surface area contributed by atoms with E-state index in [4.69, 9.17) is 0 Å². The highest BCUT2D eigenvalue weighted by Crippen LogP contribution is 2.22. The van der Waals surface area contributed by atoms with Crippen molar-refractivity contribution < 1.29 is 4.79 Å². The summed E-state index contributed by atoms with van der Waals surface area (Å²) < 4.78 is 0. The van der Waals surface area contributed by atoms with E-state index in [1.165, 1.54) is 5.12 Å². The molecular weight excluding hydrogens is 154 g/mol. The Morgan fingerprint density at radius 2 is 1.83 bits per heavy atom. The first-order valence-electron chi connectivity index (χ1n) is 3.60. The van der Waals surface area contributed by atoms with Gasteiger partial charge in [-0.25, -0.2) is 0 Å². The van der Waals surface area contributed by atoms with Crippen molar-refractivity contribution in [3.63, 3.8) is 0 Å². The zero-order valence-corrected chi connectivity index (χ0v) is 6.56. The first-order chi connectivity index (χ1) is 5.77. The van der Waals surface area contributed by atoms with E-state index in [1.807, 2.05) is 12.1 Å². The molecule has 4 heteroatoms. The molecule has 1 heterocycles. The second kappa shape index (κ2) is 2.41. The van der Waals surface area contributed by atoms with Gasteiger partial charge in [0, 0.05) is 5.56 Å². The summed E-state index contributed by atoms with van der Waals surface area (Å²) in [6.45, 7) is 1.54. The van der Waals surface area contributed by atoms with Gasteiger partial charge in [0.05, 0.1) is 5.69 Å². The quantitative estimate of drug-likeness (QED) is 0.622. The van der Waals surface area contributed by atoms with Crippen LogP contribution < -0.4 is 5.12 Å². The molecule has 0 radical (unpaired) electrons. The molecule has 12 heavy (non-hydrogen) atoms. The van der Waals surface area contributed by atoms with Gasteiger partial charge in [-0.05, 0) is 41.6 Å². The Bertz CT molecular complexity index is 336. The molecule has 0 amide bonds. The van der Waals surface area contributed by atoms with Gasteiger partial charge in [0.15, 0.2) is 5.78 Å². The summed E-state index contributed by atoms with van der Waals surface area (Å²) in [6, 6.07) is 7.16. The summed E-state index contributed by atoms with van der Waals surface area (Å²) >= 11 is 0. The van der Waals surface area contributed by atoms with Gasteiger partial charge in [-0.15, -0.1) is 5.12 Å². The lowest BCUT2D eigenvalue weighted by Crippen LogP contribution is -1.93. The average molecular weight is 161 g/mol. The standard InChI is InChI=1S/C8H7N3O/c1-6(12)7-2-4-8(5-3-7)11-9-10-11/h2-5H,1H3. The topological polar surface area (TPSA) is 44.8 Å². The van der Waals surface area contributed by atoms with Crippen molar-refractivity contribution in [2.75, 3.05) is 5.12 Å². The molecule has 1 aliphatic heterocycles. The zero-order valence-electron chi connectivity index (χ0n) is 6.56. The lowest BCUT2D eigenvalue weighted by atomic mass is 10.1. The minimum Gasteiger partial charge on any atom is -0.295 e. The fraction of sp³-hybridized carbons (Fsp3) is 0.125. The predicted molar refractivity (Wildman–Crippen MR) is 43.8 cm³/mol. The van der Waals surface area contributed by atoms with Gasteiger partial charge in [0.2, 0.25) is 0 Å². The van der Waals surface area contributed by atoms with E-state index in [-0.39, 0.29) is 5.78 Å². The average Bonchev–Trinajstić information content (AvgIpc) is 2.87. The highest BCUT2D eigenvalue weighted by Gasteiger charge is 2.13. The van der Waals surface area contributed by atoms with E-state index in [2.05, 4.69) is 10.4 Å². The van der Waals surface area contributed by atoms with Crippen LogP contribution in [0.3, 0.4) is 0 Å². The van der Waals surface area contributed by atoms with Crippen LogP contribution >= 0.6 is 0 Å². The van der Waals surface area contributed by atoms with Crippen LogP contribution in [0.2, 0.25) is 0 Å². The second-order valence-electron chi connectivity index (χ2n) is 2.57. The van der Waals surface area contributed by atoms with Crippen molar-refractivity contribution in [2.24, 2.45) is 10.4 Å². The van der Waals surface area contributed by atoms with Crippen LogP contribution in [-0.4, -0.2) is 5.78 Å². The van der Waals surface area contributed by atoms with E-state index in [0.29, 0.717) is 5.56 Å². The number of anilines is 1. The maximum absolute atomic E-state index is 10.9. The summed E-state index contributed by atoms with van der Waals surface area (Å²) in [5.41, 5.74) is 1.60. The molecule has 0 N–H and O–H groups in total. The fourth-order valence-corrected chi connectivity index (χ4v) is 0.953. The lowest BCUT2D eigenvalue weighted by molar-refractivity contribution is 0.101. The maximum Gasteiger partial charge on any atom is 0.159 e. The second-order valence-corrected chi connectivity index (χ2v) is 2.57. The van der Waals surface area contributed by atoms with Crippen molar-refractivity contribution >= 4 is 11.5 Å². The molecule has 60 valence electrons. The highest BCUT2D eigenvalue weighted by atomic mass is 16.1. The van der Waals surface area contributed by atoms with Gasteiger partial charge in [0.25, 0.3) is 0 Å². The van der Waals surface area contributed by atoms with Crippen LogP contribution in [-0.2, 0) is 0 Å². The Balaban J connectivity index is 2.24. The molecule has 1 aromatic rings. The van der Waals surface area contributed by atoms with Crippen molar-refractivity contribution in [1.82, 2.24) is 0 Å². The van der Waals surface area contributed by atoms with Crippen molar-refractivity contribution in [3.8, 4) is 0 Å². The van der Waals surface area contributed by atoms with Crippen LogP contribution in [0.25, 0.3) is 0 Å². The fourth-order valence-electron chi connectivity index (χ4n) is 0.953. The highest BCUT2D eigenvalue weighted by molar-refractivity contribution is 5.94. The Kier molecular flexibility index (Phi) is 1.40. The Morgan fingerprint density at radius 1 is 1.25 bits per heavy atom. The molecule has 0 saturated carbocycles. The molecule has 2 rings (SSSR count). The molecule has 0 fully saturated rings. The molecule has 1 aliphatic rings. The smallest absolute Gasteiger partial charge is 0.159 e. The molecule has 4 nitrogen and oxygen atoms in total. The van der Waals surface area contributed by atoms with E-state index in [1.54, 1.807) is 19.1 Å². The number of nitrogens with zero attached hydrogens (tertiary/aromatic N) is 3. The molecule has 0 aromatic heterocycles. The van der Waals surface area contributed by atoms with Crippen LogP contribution in [0.15, 0.2) is 34.7 Å². The molecular formula is C8H7N3O. The lowest BCUT2D eigenvalue weighted by Gasteiger charge is -1.97. The zero-order chi connectivity index (χ0) is 8.55. The number of hydrogen-bond donors (Lipinski definition) is 0. The van der Waals surface area contributed by atoms with E-state index in [9.17, 15) is 4.79 Å². The Labute approximate surface area is 69.5 Å². The summed E-state index contributed by atoms with van der Waals surface area (Å²) in [5, 5.41) is 8.74. The third kappa shape index (κ3) is 1.18. The van der Waals surface area contributed by atoms with Crippen LogP contribution in [0.1, 0.15) is 17.3 Å². The minimum atomic E-state index is 0.0706. The molecule has 1 aromatic carbocycles. The summed E-state index contributed by atoms with van der Waals surface area (Å²) in [6.07, 6.45) is 0. The third-order valence-corrected chi connectivity index (χ3v) is 1.68. The van der Waals surface area contributed by atoms with Gasteiger partial charge >= 0.3 is 0 Å². The largest absolute Gasteiger partial charge is 0.295 e. The van der Waals surface area contributed by atoms with Crippen LogP contribution in [0, 0.1) is 0 Å². The molecule has 0 aliphatic carbocycles. The monoisotopic (exact) mass is 161 g/mol. The number of Topliss-reactive ketones (excluding diaryl/α,β-unsaturated/α-hetero) is 1. The number of ketones is 1. The van der Waals surface area contributed by atoms with Crippen LogP contribution in [0.4, 0.5) is 5.69 Å². The number of rotatable bonds is 2.